The van der Waals surface area contributed by atoms with Crippen LogP contribution in [0.15, 0.2) is 18.2 Å². The summed E-state index contributed by atoms with van der Waals surface area (Å²) in [5.41, 5.74) is 9.78. The van der Waals surface area contributed by atoms with E-state index < -0.39 is 0 Å². The Morgan fingerprint density at radius 1 is 1.28 bits per heavy atom. The molecule has 1 aliphatic heterocycles. The molecule has 2 atom stereocenters. The molecule has 1 aliphatic rings. The van der Waals surface area contributed by atoms with Gasteiger partial charge in [-0.3, -0.25) is 0 Å². The Morgan fingerprint density at radius 2 is 2.06 bits per heavy atom. The summed E-state index contributed by atoms with van der Waals surface area (Å²) in [6, 6.07) is 7.49. The van der Waals surface area contributed by atoms with Crippen molar-refractivity contribution in [2.24, 2.45) is 11.7 Å². The molecular weight excluding hydrogens is 220 g/mol. The molecule has 1 aromatic carbocycles. The van der Waals surface area contributed by atoms with Crippen molar-refractivity contribution in [3.05, 3.63) is 29.3 Å². The van der Waals surface area contributed by atoms with Crippen LogP contribution >= 0.6 is 0 Å². The van der Waals surface area contributed by atoms with Gasteiger partial charge in [-0.1, -0.05) is 19.1 Å². The zero-order valence-corrected chi connectivity index (χ0v) is 11.9. The van der Waals surface area contributed by atoms with E-state index in [9.17, 15) is 0 Å². The Morgan fingerprint density at radius 3 is 2.72 bits per heavy atom. The Bertz CT molecular complexity index is 400. The van der Waals surface area contributed by atoms with Gasteiger partial charge in [0.25, 0.3) is 0 Å². The molecule has 1 aromatic rings. The highest BCUT2D eigenvalue weighted by Gasteiger charge is 2.23. The molecule has 0 aliphatic carbocycles. The minimum absolute atomic E-state index is 0.667. The van der Waals surface area contributed by atoms with Gasteiger partial charge < -0.3 is 10.6 Å². The highest BCUT2D eigenvalue weighted by atomic mass is 15.2. The van der Waals surface area contributed by atoms with Crippen LogP contribution in [0.5, 0.6) is 0 Å². The number of piperidine rings is 1. The van der Waals surface area contributed by atoms with Gasteiger partial charge in [0.05, 0.1) is 0 Å². The van der Waals surface area contributed by atoms with E-state index in [4.69, 9.17) is 5.73 Å². The van der Waals surface area contributed by atoms with Gasteiger partial charge in [-0.25, -0.2) is 0 Å². The molecule has 0 saturated carbocycles. The fourth-order valence-electron chi connectivity index (χ4n) is 2.99. The summed E-state index contributed by atoms with van der Waals surface area (Å²) >= 11 is 0. The van der Waals surface area contributed by atoms with Gasteiger partial charge in [0.15, 0.2) is 0 Å². The van der Waals surface area contributed by atoms with Crippen LogP contribution in [0.1, 0.15) is 37.8 Å². The number of nitrogens with zero attached hydrogens (tertiary/aromatic N) is 1. The third-order valence-electron chi connectivity index (χ3n) is 4.12. The first-order chi connectivity index (χ1) is 8.61. The average molecular weight is 246 g/mol. The highest BCUT2D eigenvalue weighted by Crippen LogP contribution is 2.30. The van der Waals surface area contributed by atoms with E-state index in [1.807, 2.05) is 0 Å². The standard InChI is InChI=1S/C16H26N2/c1-12-4-5-14(3)18(11-12)16-7-6-15(8-9-17)10-13(16)2/h6-7,10,12,14H,4-5,8-9,11,17H2,1-3H3. The molecule has 0 spiro atoms. The van der Waals surface area contributed by atoms with E-state index in [1.165, 1.54) is 36.2 Å². The molecule has 2 unspecified atom stereocenters. The maximum atomic E-state index is 5.62. The van der Waals surface area contributed by atoms with Crippen molar-refractivity contribution >= 4 is 5.69 Å². The van der Waals surface area contributed by atoms with E-state index in [1.54, 1.807) is 0 Å². The topological polar surface area (TPSA) is 29.3 Å². The monoisotopic (exact) mass is 246 g/mol. The zero-order valence-electron chi connectivity index (χ0n) is 11.9. The second-order valence-corrected chi connectivity index (χ2v) is 5.84. The van der Waals surface area contributed by atoms with E-state index in [-0.39, 0.29) is 0 Å². The lowest BCUT2D eigenvalue weighted by atomic mass is 9.93. The molecule has 1 heterocycles. The van der Waals surface area contributed by atoms with Crippen molar-refractivity contribution in [1.82, 2.24) is 0 Å². The average Bonchev–Trinajstić information content (AvgIpc) is 2.33. The number of rotatable bonds is 3. The molecule has 0 radical (unpaired) electrons. The number of hydrogen-bond acceptors (Lipinski definition) is 2. The summed E-state index contributed by atoms with van der Waals surface area (Å²) in [5.74, 6) is 0.810. The summed E-state index contributed by atoms with van der Waals surface area (Å²) in [6.45, 7) is 8.85. The minimum Gasteiger partial charge on any atom is -0.368 e. The van der Waals surface area contributed by atoms with Gasteiger partial charge in [0.1, 0.15) is 0 Å². The first kappa shape index (κ1) is 13.4. The number of hydrogen-bond donors (Lipinski definition) is 1. The third-order valence-corrected chi connectivity index (χ3v) is 4.12. The van der Waals surface area contributed by atoms with Crippen LogP contribution in [0, 0.1) is 12.8 Å². The molecule has 2 N–H and O–H groups in total. The molecule has 2 nitrogen and oxygen atoms in total. The van der Waals surface area contributed by atoms with Crippen LogP contribution in [-0.4, -0.2) is 19.1 Å². The molecule has 0 bridgehead atoms. The molecule has 1 saturated heterocycles. The van der Waals surface area contributed by atoms with E-state index >= 15 is 0 Å². The van der Waals surface area contributed by atoms with Crippen molar-refractivity contribution < 1.29 is 0 Å². The SMILES string of the molecule is Cc1cc(CCN)ccc1N1CC(C)CCC1C. The van der Waals surface area contributed by atoms with Crippen LogP contribution in [0.3, 0.4) is 0 Å². The first-order valence-electron chi connectivity index (χ1n) is 7.18. The molecule has 100 valence electrons. The highest BCUT2D eigenvalue weighted by molar-refractivity contribution is 5.55. The van der Waals surface area contributed by atoms with Gasteiger partial charge in [0, 0.05) is 18.3 Å². The number of anilines is 1. The summed E-state index contributed by atoms with van der Waals surface area (Å²) in [5, 5.41) is 0. The van der Waals surface area contributed by atoms with Crippen molar-refractivity contribution in [2.45, 2.75) is 46.1 Å². The quantitative estimate of drug-likeness (QED) is 0.888. The zero-order chi connectivity index (χ0) is 13.1. The fraction of sp³-hybridized carbons (Fsp3) is 0.625. The molecule has 1 fully saturated rings. The van der Waals surface area contributed by atoms with Gasteiger partial charge in [-0.2, -0.15) is 0 Å². The molecule has 0 amide bonds. The Balaban J connectivity index is 2.21. The van der Waals surface area contributed by atoms with E-state index in [0.29, 0.717) is 6.04 Å². The fourth-order valence-corrected chi connectivity index (χ4v) is 2.99. The summed E-state index contributed by atoms with van der Waals surface area (Å²) in [6.07, 6.45) is 3.65. The lowest BCUT2D eigenvalue weighted by Crippen LogP contribution is -2.41. The number of aryl methyl sites for hydroxylation is 1. The third kappa shape index (κ3) is 2.86. The van der Waals surface area contributed by atoms with E-state index in [0.717, 1.165) is 18.9 Å². The van der Waals surface area contributed by atoms with Crippen molar-refractivity contribution in [3.63, 3.8) is 0 Å². The Hall–Kier alpha value is -1.02. The molecular formula is C16H26N2. The molecule has 0 aromatic heterocycles. The summed E-state index contributed by atoms with van der Waals surface area (Å²) < 4.78 is 0. The van der Waals surface area contributed by atoms with Gasteiger partial charge in [0.2, 0.25) is 0 Å². The van der Waals surface area contributed by atoms with Crippen molar-refractivity contribution in [2.75, 3.05) is 18.0 Å². The second kappa shape index (κ2) is 5.75. The Labute approximate surface area is 111 Å². The lowest BCUT2D eigenvalue weighted by Gasteiger charge is -2.39. The normalized spacial score (nSPS) is 24.3. The second-order valence-electron chi connectivity index (χ2n) is 5.84. The van der Waals surface area contributed by atoms with E-state index in [2.05, 4.69) is 43.9 Å². The van der Waals surface area contributed by atoms with Gasteiger partial charge in [-0.05, 0) is 62.8 Å². The van der Waals surface area contributed by atoms with Crippen molar-refractivity contribution in [1.29, 1.82) is 0 Å². The molecule has 2 rings (SSSR count). The lowest BCUT2D eigenvalue weighted by molar-refractivity contribution is 0.390. The van der Waals surface area contributed by atoms with Crippen LogP contribution < -0.4 is 10.6 Å². The maximum Gasteiger partial charge on any atom is 0.0398 e. The summed E-state index contributed by atoms with van der Waals surface area (Å²) in [7, 11) is 0. The van der Waals surface area contributed by atoms with Crippen LogP contribution in [0.25, 0.3) is 0 Å². The largest absolute Gasteiger partial charge is 0.368 e. The number of nitrogens with two attached hydrogens (primary N) is 1. The maximum absolute atomic E-state index is 5.62. The van der Waals surface area contributed by atoms with Crippen LogP contribution in [-0.2, 0) is 6.42 Å². The van der Waals surface area contributed by atoms with Crippen LogP contribution in [0.4, 0.5) is 5.69 Å². The molecule has 2 heteroatoms. The predicted octanol–water partition coefficient (Wildman–Crippen LogP) is 3.12. The number of benzene rings is 1. The van der Waals surface area contributed by atoms with Crippen LogP contribution in [0.2, 0.25) is 0 Å². The van der Waals surface area contributed by atoms with Gasteiger partial charge in [-0.15, -0.1) is 0 Å². The first-order valence-corrected chi connectivity index (χ1v) is 7.18. The minimum atomic E-state index is 0.667. The Kier molecular flexibility index (Phi) is 4.28. The van der Waals surface area contributed by atoms with Crippen molar-refractivity contribution in [3.8, 4) is 0 Å². The summed E-state index contributed by atoms with van der Waals surface area (Å²) in [4.78, 5) is 2.58. The predicted molar refractivity (Wildman–Crippen MR) is 79.1 cm³/mol. The smallest absolute Gasteiger partial charge is 0.0398 e. The molecule has 18 heavy (non-hydrogen) atoms. The van der Waals surface area contributed by atoms with Gasteiger partial charge >= 0.3 is 0 Å².